The van der Waals surface area contributed by atoms with Gasteiger partial charge in [-0.3, -0.25) is 9.59 Å². The van der Waals surface area contributed by atoms with Crippen LogP contribution in [0.25, 0.3) is 0 Å². The first-order valence-corrected chi connectivity index (χ1v) is 5.25. The summed E-state index contributed by atoms with van der Waals surface area (Å²) in [7, 11) is 0. The van der Waals surface area contributed by atoms with Gasteiger partial charge in [-0.05, 0) is 25.0 Å². The van der Waals surface area contributed by atoms with Crippen LogP contribution in [0.1, 0.15) is 29.8 Å². The molecule has 0 bridgehead atoms. The van der Waals surface area contributed by atoms with E-state index in [9.17, 15) is 9.59 Å². The SMILES string of the molecule is O=C(N[C@H]1CCC[C@H]1C(=O)O)c1ccco1. The summed E-state index contributed by atoms with van der Waals surface area (Å²) in [6.07, 6.45) is 3.58. The molecule has 1 heterocycles. The fourth-order valence-corrected chi connectivity index (χ4v) is 2.08. The summed E-state index contributed by atoms with van der Waals surface area (Å²) in [5.74, 6) is -1.44. The van der Waals surface area contributed by atoms with Crippen LogP contribution >= 0.6 is 0 Å². The van der Waals surface area contributed by atoms with Crippen LogP contribution in [-0.4, -0.2) is 23.0 Å². The van der Waals surface area contributed by atoms with Crippen molar-refractivity contribution in [3.63, 3.8) is 0 Å². The van der Waals surface area contributed by atoms with Crippen molar-refractivity contribution in [2.45, 2.75) is 25.3 Å². The minimum absolute atomic E-state index is 0.219. The van der Waals surface area contributed by atoms with Gasteiger partial charge in [-0.15, -0.1) is 0 Å². The second-order valence-corrected chi connectivity index (χ2v) is 3.93. The number of carbonyl (C=O) groups is 2. The number of rotatable bonds is 3. The van der Waals surface area contributed by atoms with Gasteiger partial charge in [-0.25, -0.2) is 0 Å². The fourth-order valence-electron chi connectivity index (χ4n) is 2.08. The van der Waals surface area contributed by atoms with Gasteiger partial charge in [0.1, 0.15) is 0 Å². The Bertz CT molecular complexity index is 385. The number of aliphatic carboxylic acids is 1. The number of hydrogen-bond acceptors (Lipinski definition) is 3. The summed E-state index contributed by atoms with van der Waals surface area (Å²) in [5, 5.41) is 11.7. The molecule has 86 valence electrons. The molecule has 2 N–H and O–H groups in total. The van der Waals surface area contributed by atoms with Gasteiger partial charge in [0.15, 0.2) is 5.76 Å². The van der Waals surface area contributed by atoms with Crippen molar-refractivity contribution < 1.29 is 19.1 Å². The summed E-state index contributed by atoms with van der Waals surface area (Å²) in [5.41, 5.74) is 0. The molecule has 1 aromatic rings. The Balaban J connectivity index is 1.99. The highest BCUT2D eigenvalue weighted by atomic mass is 16.4. The van der Waals surface area contributed by atoms with E-state index in [-0.39, 0.29) is 17.7 Å². The lowest BCUT2D eigenvalue weighted by Gasteiger charge is -2.16. The topological polar surface area (TPSA) is 79.5 Å². The summed E-state index contributed by atoms with van der Waals surface area (Å²) in [6.45, 7) is 0. The molecule has 2 atom stereocenters. The van der Waals surface area contributed by atoms with E-state index >= 15 is 0 Å². The van der Waals surface area contributed by atoms with Gasteiger partial charge in [-0.1, -0.05) is 6.42 Å². The molecule has 2 rings (SSSR count). The first-order valence-electron chi connectivity index (χ1n) is 5.25. The zero-order valence-electron chi connectivity index (χ0n) is 8.68. The van der Waals surface area contributed by atoms with Crippen molar-refractivity contribution in [2.75, 3.05) is 0 Å². The summed E-state index contributed by atoms with van der Waals surface area (Å²) in [6, 6.07) is 2.90. The third-order valence-corrected chi connectivity index (χ3v) is 2.89. The second-order valence-electron chi connectivity index (χ2n) is 3.93. The van der Waals surface area contributed by atoms with E-state index in [2.05, 4.69) is 5.32 Å². The van der Waals surface area contributed by atoms with E-state index in [4.69, 9.17) is 9.52 Å². The van der Waals surface area contributed by atoms with Gasteiger partial charge in [0.2, 0.25) is 0 Å². The average molecular weight is 223 g/mol. The third kappa shape index (κ3) is 2.08. The smallest absolute Gasteiger partial charge is 0.308 e. The monoisotopic (exact) mass is 223 g/mol. The van der Waals surface area contributed by atoms with E-state index in [1.807, 2.05) is 0 Å². The molecule has 0 aromatic carbocycles. The number of hydrogen-bond donors (Lipinski definition) is 2. The lowest BCUT2D eigenvalue weighted by atomic mass is 10.0. The van der Waals surface area contributed by atoms with Crippen molar-refractivity contribution in [3.05, 3.63) is 24.2 Å². The van der Waals surface area contributed by atoms with Crippen molar-refractivity contribution in [1.82, 2.24) is 5.32 Å². The van der Waals surface area contributed by atoms with Crippen molar-refractivity contribution in [1.29, 1.82) is 0 Å². The van der Waals surface area contributed by atoms with Gasteiger partial charge in [0.05, 0.1) is 12.2 Å². The highest BCUT2D eigenvalue weighted by molar-refractivity contribution is 5.92. The summed E-state index contributed by atoms with van der Waals surface area (Å²) >= 11 is 0. The van der Waals surface area contributed by atoms with Crippen LogP contribution in [0.15, 0.2) is 22.8 Å². The van der Waals surface area contributed by atoms with Gasteiger partial charge in [0.25, 0.3) is 5.91 Å². The molecule has 0 unspecified atom stereocenters. The van der Waals surface area contributed by atoms with Crippen LogP contribution in [0, 0.1) is 5.92 Å². The van der Waals surface area contributed by atoms with E-state index in [0.717, 1.165) is 6.42 Å². The summed E-state index contributed by atoms with van der Waals surface area (Å²) in [4.78, 5) is 22.5. The van der Waals surface area contributed by atoms with Crippen LogP contribution in [0.5, 0.6) is 0 Å². The van der Waals surface area contributed by atoms with E-state index in [1.54, 1.807) is 12.1 Å². The minimum Gasteiger partial charge on any atom is -0.481 e. The minimum atomic E-state index is -0.845. The molecule has 5 heteroatoms. The van der Waals surface area contributed by atoms with Crippen LogP contribution in [0.3, 0.4) is 0 Å². The van der Waals surface area contributed by atoms with Gasteiger partial charge < -0.3 is 14.8 Å². The zero-order chi connectivity index (χ0) is 11.5. The molecule has 1 aliphatic rings. The second kappa shape index (κ2) is 4.38. The number of amides is 1. The van der Waals surface area contributed by atoms with Crippen LogP contribution in [0.4, 0.5) is 0 Å². The Morgan fingerprint density at radius 3 is 2.88 bits per heavy atom. The predicted molar refractivity (Wildman–Crippen MR) is 54.9 cm³/mol. The van der Waals surface area contributed by atoms with Crippen molar-refractivity contribution in [3.8, 4) is 0 Å². The number of carboxylic acid groups (broad SMARTS) is 1. The van der Waals surface area contributed by atoms with Gasteiger partial charge in [0, 0.05) is 6.04 Å². The van der Waals surface area contributed by atoms with Crippen LogP contribution < -0.4 is 5.32 Å². The Kier molecular flexibility index (Phi) is 2.94. The highest BCUT2D eigenvalue weighted by Crippen LogP contribution is 2.26. The molecule has 1 amide bonds. The van der Waals surface area contributed by atoms with Crippen molar-refractivity contribution >= 4 is 11.9 Å². The normalized spacial score (nSPS) is 24.2. The molecule has 0 aliphatic heterocycles. The molecule has 0 saturated heterocycles. The third-order valence-electron chi connectivity index (χ3n) is 2.89. The van der Waals surface area contributed by atoms with Crippen molar-refractivity contribution in [2.24, 2.45) is 5.92 Å². The molecular formula is C11H13NO4. The standard InChI is InChI=1S/C11H13NO4/c13-10(9-5-2-6-16-9)12-8-4-1-3-7(8)11(14)15/h2,5-8H,1,3-4H2,(H,12,13)(H,14,15)/t7-,8+/m1/s1. The van der Waals surface area contributed by atoms with Gasteiger partial charge >= 0.3 is 5.97 Å². The van der Waals surface area contributed by atoms with Crippen LogP contribution in [-0.2, 0) is 4.79 Å². The van der Waals surface area contributed by atoms with E-state index in [1.165, 1.54) is 6.26 Å². The molecule has 16 heavy (non-hydrogen) atoms. The number of furan rings is 1. The molecule has 0 spiro atoms. The molecular weight excluding hydrogens is 210 g/mol. The number of carbonyl (C=O) groups excluding carboxylic acids is 1. The van der Waals surface area contributed by atoms with E-state index in [0.29, 0.717) is 12.8 Å². The molecule has 1 aromatic heterocycles. The first-order chi connectivity index (χ1) is 7.68. The maximum absolute atomic E-state index is 11.6. The van der Waals surface area contributed by atoms with Gasteiger partial charge in [-0.2, -0.15) is 0 Å². The number of nitrogens with one attached hydrogen (secondary N) is 1. The molecule has 1 saturated carbocycles. The maximum Gasteiger partial charge on any atom is 0.308 e. The number of carboxylic acids is 1. The first kappa shape index (κ1) is 10.7. The molecule has 1 fully saturated rings. The lowest BCUT2D eigenvalue weighted by Crippen LogP contribution is -2.40. The van der Waals surface area contributed by atoms with Crippen LogP contribution in [0.2, 0.25) is 0 Å². The largest absolute Gasteiger partial charge is 0.481 e. The zero-order valence-corrected chi connectivity index (χ0v) is 8.68. The maximum atomic E-state index is 11.6. The fraction of sp³-hybridized carbons (Fsp3) is 0.455. The Labute approximate surface area is 92.4 Å². The lowest BCUT2D eigenvalue weighted by molar-refractivity contribution is -0.142. The molecule has 0 radical (unpaired) electrons. The Morgan fingerprint density at radius 1 is 1.44 bits per heavy atom. The molecule has 1 aliphatic carbocycles. The summed E-state index contributed by atoms with van der Waals surface area (Å²) < 4.78 is 4.94. The molecule has 5 nitrogen and oxygen atoms in total. The predicted octanol–water partition coefficient (Wildman–Crippen LogP) is 1.26. The average Bonchev–Trinajstić information content (AvgIpc) is 2.86. The highest BCUT2D eigenvalue weighted by Gasteiger charge is 2.34. The Morgan fingerprint density at radius 2 is 2.25 bits per heavy atom. The Hall–Kier alpha value is -1.78. The quantitative estimate of drug-likeness (QED) is 0.808. The van der Waals surface area contributed by atoms with E-state index < -0.39 is 11.9 Å².